The molecule has 20 heavy (non-hydrogen) atoms. The summed E-state index contributed by atoms with van der Waals surface area (Å²) in [5, 5.41) is 0.0265. The zero-order valence-electron chi connectivity index (χ0n) is 11.1. The van der Waals surface area contributed by atoms with Gasteiger partial charge in [0.2, 0.25) is 5.91 Å². The first-order valence-electron chi connectivity index (χ1n) is 6.32. The third kappa shape index (κ3) is 3.10. The van der Waals surface area contributed by atoms with Crippen LogP contribution in [0, 0.1) is 5.82 Å². The average molecular weight is 300 g/mol. The lowest BCUT2D eigenvalue weighted by molar-refractivity contribution is -0.142. The zero-order valence-corrected chi connectivity index (χ0v) is 11.8. The first-order valence-corrected chi connectivity index (χ1v) is 6.70. The fourth-order valence-corrected chi connectivity index (χ4v) is 2.55. The van der Waals surface area contributed by atoms with E-state index in [0.29, 0.717) is 18.4 Å². The zero-order chi connectivity index (χ0) is 14.7. The number of carbonyl (C=O) groups excluding carboxylic acids is 2. The van der Waals surface area contributed by atoms with Gasteiger partial charge >= 0.3 is 5.97 Å². The molecule has 0 aromatic heterocycles. The molecule has 0 aliphatic carbocycles. The Hall–Kier alpha value is -1.62. The van der Waals surface area contributed by atoms with Crippen LogP contribution in [0.4, 0.5) is 4.39 Å². The van der Waals surface area contributed by atoms with Crippen molar-refractivity contribution < 1.29 is 18.7 Å². The fourth-order valence-electron chi connectivity index (χ4n) is 2.35. The number of hydrogen-bond acceptors (Lipinski definition) is 3. The highest BCUT2D eigenvalue weighted by Gasteiger charge is 2.33. The summed E-state index contributed by atoms with van der Waals surface area (Å²) in [5.41, 5.74) is 0.350. The molecule has 0 radical (unpaired) electrons. The van der Waals surface area contributed by atoms with Crippen molar-refractivity contribution in [3.05, 3.63) is 34.6 Å². The van der Waals surface area contributed by atoms with Gasteiger partial charge in [0.15, 0.2) is 0 Å². The number of ether oxygens (including phenoxy) is 1. The quantitative estimate of drug-likeness (QED) is 0.803. The Bertz CT molecular complexity index is 535. The predicted molar refractivity (Wildman–Crippen MR) is 71.6 cm³/mol. The number of rotatable bonds is 4. The van der Waals surface area contributed by atoms with Crippen LogP contribution in [-0.4, -0.2) is 29.9 Å². The minimum Gasteiger partial charge on any atom is -0.469 e. The summed E-state index contributed by atoms with van der Waals surface area (Å²) in [5.74, 6) is -0.981. The predicted octanol–water partition coefficient (Wildman–Crippen LogP) is 2.53. The highest BCUT2D eigenvalue weighted by Crippen LogP contribution is 2.26. The summed E-state index contributed by atoms with van der Waals surface area (Å²) in [6.07, 6.45) is 1.07. The van der Waals surface area contributed by atoms with Gasteiger partial charge in [-0.1, -0.05) is 23.7 Å². The van der Waals surface area contributed by atoms with E-state index in [-0.39, 0.29) is 35.9 Å². The fraction of sp³-hybridized carbons (Fsp3) is 0.429. The Morgan fingerprint density at radius 1 is 1.55 bits per heavy atom. The molecular formula is C14H15ClFNO3. The summed E-state index contributed by atoms with van der Waals surface area (Å²) < 4.78 is 18.5. The van der Waals surface area contributed by atoms with Crippen LogP contribution in [0.5, 0.6) is 0 Å². The molecule has 1 fully saturated rings. The molecule has 1 aromatic carbocycles. The largest absolute Gasteiger partial charge is 0.469 e. The van der Waals surface area contributed by atoms with Crippen LogP contribution in [-0.2, 0) is 20.9 Å². The molecule has 1 heterocycles. The van der Waals surface area contributed by atoms with Gasteiger partial charge in [-0.3, -0.25) is 9.59 Å². The maximum Gasteiger partial charge on any atom is 0.307 e. The normalized spacial score (nSPS) is 18.4. The van der Waals surface area contributed by atoms with Gasteiger partial charge in [0.1, 0.15) is 5.82 Å². The molecule has 6 heteroatoms. The van der Waals surface area contributed by atoms with E-state index in [0.717, 1.165) is 0 Å². The Labute approximate surface area is 121 Å². The third-order valence-electron chi connectivity index (χ3n) is 3.45. The van der Waals surface area contributed by atoms with Crippen LogP contribution in [0.25, 0.3) is 0 Å². The minimum atomic E-state index is -0.523. The maximum absolute atomic E-state index is 13.9. The molecule has 0 saturated carbocycles. The Morgan fingerprint density at radius 3 is 3.00 bits per heavy atom. The van der Waals surface area contributed by atoms with Gasteiger partial charge in [0.25, 0.3) is 0 Å². The lowest BCUT2D eigenvalue weighted by Gasteiger charge is -2.24. The van der Waals surface area contributed by atoms with E-state index in [4.69, 9.17) is 11.6 Å². The van der Waals surface area contributed by atoms with E-state index in [1.54, 1.807) is 12.1 Å². The van der Waals surface area contributed by atoms with E-state index in [1.807, 2.05) is 0 Å². The van der Waals surface area contributed by atoms with Crippen LogP contribution >= 0.6 is 11.6 Å². The molecule has 1 unspecified atom stereocenters. The second-order valence-electron chi connectivity index (χ2n) is 4.71. The van der Waals surface area contributed by atoms with Crippen molar-refractivity contribution >= 4 is 23.5 Å². The van der Waals surface area contributed by atoms with E-state index in [2.05, 4.69) is 4.74 Å². The number of esters is 1. The number of amides is 1. The Balaban J connectivity index is 2.14. The van der Waals surface area contributed by atoms with Gasteiger partial charge < -0.3 is 9.64 Å². The van der Waals surface area contributed by atoms with E-state index in [9.17, 15) is 14.0 Å². The molecule has 1 aliphatic rings. The lowest BCUT2D eigenvalue weighted by atomic mass is 10.1. The molecule has 4 nitrogen and oxygen atoms in total. The van der Waals surface area contributed by atoms with E-state index in [1.165, 1.54) is 18.1 Å². The second kappa shape index (κ2) is 6.22. The molecule has 1 saturated heterocycles. The maximum atomic E-state index is 13.9. The number of hydrogen-bond donors (Lipinski definition) is 0. The van der Waals surface area contributed by atoms with Crippen molar-refractivity contribution in [3.63, 3.8) is 0 Å². The molecule has 2 rings (SSSR count). The Morgan fingerprint density at radius 2 is 2.30 bits per heavy atom. The number of nitrogens with zero attached hydrogens (tertiary/aromatic N) is 1. The molecule has 108 valence electrons. The summed E-state index contributed by atoms with van der Waals surface area (Å²) in [4.78, 5) is 24.7. The smallest absolute Gasteiger partial charge is 0.307 e. The van der Waals surface area contributed by atoms with E-state index < -0.39 is 5.82 Å². The molecule has 0 spiro atoms. The minimum absolute atomic E-state index is 0.0265. The lowest BCUT2D eigenvalue weighted by Crippen LogP contribution is -2.34. The van der Waals surface area contributed by atoms with Gasteiger partial charge in [0, 0.05) is 24.6 Å². The van der Waals surface area contributed by atoms with Crippen molar-refractivity contribution in [2.45, 2.75) is 31.8 Å². The van der Waals surface area contributed by atoms with E-state index >= 15 is 0 Å². The van der Waals surface area contributed by atoms with Gasteiger partial charge in [-0.2, -0.15) is 0 Å². The molecular weight excluding hydrogens is 285 g/mol. The number of likely N-dealkylation sites (tertiary alicyclic amines) is 1. The number of carbonyl (C=O) groups is 2. The van der Waals surface area contributed by atoms with Crippen molar-refractivity contribution in [2.24, 2.45) is 0 Å². The molecule has 1 aromatic rings. The van der Waals surface area contributed by atoms with Crippen LogP contribution < -0.4 is 0 Å². The summed E-state index contributed by atoms with van der Waals surface area (Å²) >= 11 is 5.73. The SMILES string of the molecule is COC(=O)CC1CCC(=O)N1Cc1cccc(Cl)c1F. The highest BCUT2D eigenvalue weighted by molar-refractivity contribution is 6.30. The van der Waals surface area contributed by atoms with Crippen LogP contribution in [0.2, 0.25) is 5.02 Å². The molecule has 0 bridgehead atoms. The molecule has 1 amide bonds. The Kier molecular flexibility index (Phi) is 4.60. The van der Waals surface area contributed by atoms with Gasteiger partial charge in [0.05, 0.1) is 18.6 Å². The first kappa shape index (κ1) is 14.8. The third-order valence-corrected chi connectivity index (χ3v) is 3.75. The van der Waals surface area contributed by atoms with Gasteiger partial charge in [-0.25, -0.2) is 4.39 Å². The van der Waals surface area contributed by atoms with Crippen molar-refractivity contribution in [3.8, 4) is 0 Å². The number of benzene rings is 1. The molecule has 1 atom stereocenters. The number of halogens is 2. The monoisotopic (exact) mass is 299 g/mol. The second-order valence-corrected chi connectivity index (χ2v) is 5.11. The number of methoxy groups -OCH3 is 1. The van der Waals surface area contributed by atoms with Crippen molar-refractivity contribution in [2.75, 3.05) is 7.11 Å². The molecule has 1 aliphatic heterocycles. The van der Waals surface area contributed by atoms with Crippen LogP contribution in [0.1, 0.15) is 24.8 Å². The highest BCUT2D eigenvalue weighted by atomic mass is 35.5. The van der Waals surface area contributed by atoms with Gasteiger partial charge in [-0.05, 0) is 12.5 Å². The van der Waals surface area contributed by atoms with Crippen molar-refractivity contribution in [1.29, 1.82) is 0 Å². The first-order chi connectivity index (χ1) is 9.52. The topological polar surface area (TPSA) is 46.6 Å². The van der Waals surface area contributed by atoms with Gasteiger partial charge in [-0.15, -0.1) is 0 Å². The summed E-state index contributed by atoms with van der Waals surface area (Å²) in [6, 6.07) is 4.44. The standard InChI is InChI=1S/C14H15ClFNO3/c1-20-13(19)7-10-5-6-12(18)17(10)8-9-3-2-4-11(15)14(9)16/h2-4,10H,5-8H2,1H3. The van der Waals surface area contributed by atoms with Crippen LogP contribution in [0.3, 0.4) is 0 Å². The van der Waals surface area contributed by atoms with Crippen molar-refractivity contribution in [1.82, 2.24) is 4.90 Å². The van der Waals surface area contributed by atoms with Crippen LogP contribution in [0.15, 0.2) is 18.2 Å². The summed E-state index contributed by atoms with van der Waals surface area (Å²) in [7, 11) is 1.31. The average Bonchev–Trinajstić information content (AvgIpc) is 2.76. The molecule has 0 N–H and O–H groups in total. The summed E-state index contributed by atoms with van der Waals surface area (Å²) in [6.45, 7) is 0.118.